The Morgan fingerprint density at radius 3 is 1.38 bits per heavy atom. The quantitative estimate of drug-likeness (QED) is 0.631. The van der Waals surface area contributed by atoms with Crippen LogP contribution in [0.15, 0.2) is 0 Å². The second-order valence-corrected chi connectivity index (χ2v) is 8.49. The molecule has 0 aromatic heterocycles. The Morgan fingerprint density at radius 1 is 0.692 bits per heavy atom. The summed E-state index contributed by atoms with van der Waals surface area (Å²) in [5.41, 5.74) is 0. The third-order valence-corrected chi connectivity index (χ3v) is 6.70. The fraction of sp³-hybridized carbons (Fsp3) is 0.889. The molecule has 0 unspecified atom stereocenters. The van der Waals surface area contributed by atoms with E-state index in [1.54, 1.807) is 9.80 Å². The Kier molecular flexibility index (Phi) is 4.96. The molecule has 2 atom stereocenters. The second-order valence-electron chi connectivity index (χ2n) is 8.49. The maximum atomic E-state index is 12.9. The van der Waals surface area contributed by atoms with Crippen LogP contribution in [0.3, 0.4) is 0 Å². The van der Waals surface area contributed by atoms with Crippen molar-refractivity contribution in [3.05, 3.63) is 0 Å². The Labute approximate surface area is 156 Å². The van der Waals surface area contributed by atoms with E-state index in [0.717, 1.165) is 26.2 Å². The first-order chi connectivity index (χ1) is 12.6. The van der Waals surface area contributed by atoms with E-state index in [9.17, 15) is 9.59 Å². The molecule has 0 aromatic carbocycles. The van der Waals surface area contributed by atoms with Crippen molar-refractivity contribution in [2.24, 2.45) is 0 Å². The molecular weight excluding hydrogens is 332 g/mol. The maximum Gasteiger partial charge on any atom is 0.327 e. The van der Waals surface area contributed by atoms with Gasteiger partial charge < -0.3 is 19.6 Å². The summed E-state index contributed by atoms with van der Waals surface area (Å²) < 4.78 is 0. The van der Waals surface area contributed by atoms with Gasteiger partial charge in [-0.15, -0.1) is 0 Å². The zero-order valence-corrected chi connectivity index (χ0v) is 16.2. The molecular formula is C18H34N6O2+2. The Balaban J connectivity index is 1.50. The van der Waals surface area contributed by atoms with E-state index in [2.05, 4.69) is 0 Å². The standard InChI is InChI=1S/C18H32N6O2/c1-19-15-16(24(17(19)25)14-22-11-7-4-8-12-22)20(2)18(26)23(15)13-21-9-5-3-6-10-21/h15-16H,3-14H2,1-2H3/p+2/t15-,16-/m0/s1. The third kappa shape index (κ3) is 3.03. The van der Waals surface area contributed by atoms with E-state index in [-0.39, 0.29) is 24.4 Å². The van der Waals surface area contributed by atoms with E-state index in [0.29, 0.717) is 13.3 Å². The van der Waals surface area contributed by atoms with Gasteiger partial charge in [0.25, 0.3) is 0 Å². The second kappa shape index (κ2) is 7.23. The lowest BCUT2D eigenvalue weighted by Crippen LogP contribution is -3.14. The zero-order chi connectivity index (χ0) is 18.3. The van der Waals surface area contributed by atoms with Crippen LogP contribution in [0.2, 0.25) is 0 Å². The molecule has 4 fully saturated rings. The largest absolute Gasteiger partial charge is 0.327 e. The molecule has 0 saturated carbocycles. The van der Waals surface area contributed by atoms with Crippen molar-refractivity contribution in [1.82, 2.24) is 19.6 Å². The summed E-state index contributed by atoms with van der Waals surface area (Å²) in [6, 6.07) is 0.132. The molecule has 4 saturated heterocycles. The average Bonchev–Trinajstić information content (AvgIpc) is 3.05. The monoisotopic (exact) mass is 366 g/mol. The Bertz CT molecular complexity index is 498. The highest BCUT2D eigenvalue weighted by atomic mass is 16.2. The van der Waals surface area contributed by atoms with E-state index >= 15 is 0 Å². The summed E-state index contributed by atoms with van der Waals surface area (Å²) in [4.78, 5) is 36.3. The minimum Gasteiger partial charge on any atom is -0.318 e. The number of amides is 4. The van der Waals surface area contributed by atoms with Gasteiger partial charge in [-0.3, -0.25) is 9.80 Å². The molecule has 4 aliphatic heterocycles. The van der Waals surface area contributed by atoms with E-state index in [4.69, 9.17) is 0 Å². The van der Waals surface area contributed by atoms with Crippen molar-refractivity contribution in [2.45, 2.75) is 50.9 Å². The minimum absolute atomic E-state index is 0.0658. The van der Waals surface area contributed by atoms with Crippen molar-refractivity contribution in [1.29, 1.82) is 0 Å². The van der Waals surface area contributed by atoms with Crippen LogP contribution in [0.5, 0.6) is 0 Å². The summed E-state index contributed by atoms with van der Waals surface area (Å²) in [7, 11) is 3.72. The van der Waals surface area contributed by atoms with Gasteiger partial charge in [-0.05, 0) is 38.5 Å². The Hall–Kier alpha value is -1.54. The molecule has 4 heterocycles. The zero-order valence-electron chi connectivity index (χ0n) is 16.2. The SMILES string of the molecule is CN1C(=O)N(C[NH+]2CCCCC2)[C@H]2[C@@H]1N(C[NH+]1CCCCC1)C(=O)N2C. The number of piperidine rings is 2. The molecule has 4 amide bonds. The van der Waals surface area contributed by atoms with Crippen LogP contribution >= 0.6 is 0 Å². The number of likely N-dealkylation sites (N-methyl/N-ethyl adjacent to an activating group) is 2. The highest BCUT2D eigenvalue weighted by Crippen LogP contribution is 2.31. The predicted molar refractivity (Wildman–Crippen MR) is 96.4 cm³/mol. The van der Waals surface area contributed by atoms with E-state index in [1.165, 1.54) is 48.3 Å². The fourth-order valence-corrected chi connectivity index (χ4v) is 5.22. The lowest BCUT2D eigenvalue weighted by atomic mass is 10.1. The number of hydrogen-bond acceptors (Lipinski definition) is 2. The first-order valence-electron chi connectivity index (χ1n) is 10.3. The van der Waals surface area contributed by atoms with Crippen molar-refractivity contribution >= 4 is 12.1 Å². The highest BCUT2D eigenvalue weighted by molar-refractivity contribution is 5.84. The van der Waals surface area contributed by atoms with Crippen molar-refractivity contribution < 1.29 is 19.4 Å². The van der Waals surface area contributed by atoms with Crippen LogP contribution < -0.4 is 9.80 Å². The number of hydrogen-bond donors (Lipinski definition) is 2. The van der Waals surface area contributed by atoms with Gasteiger partial charge in [0.2, 0.25) is 0 Å². The summed E-state index contributed by atoms with van der Waals surface area (Å²) in [6.07, 6.45) is 7.24. The molecule has 0 radical (unpaired) electrons. The molecule has 0 aromatic rings. The molecule has 4 rings (SSSR count). The summed E-state index contributed by atoms with van der Waals surface area (Å²) in [5, 5.41) is 0. The average molecular weight is 367 g/mol. The molecule has 0 spiro atoms. The smallest absolute Gasteiger partial charge is 0.318 e. The predicted octanol–water partition coefficient (Wildman–Crippen LogP) is -1.57. The van der Waals surface area contributed by atoms with E-state index < -0.39 is 0 Å². The third-order valence-electron chi connectivity index (χ3n) is 6.70. The van der Waals surface area contributed by atoms with Gasteiger partial charge in [-0.1, -0.05) is 0 Å². The highest BCUT2D eigenvalue weighted by Gasteiger charge is 2.58. The number of likely N-dealkylation sites (tertiary alicyclic amines) is 2. The molecule has 8 heteroatoms. The number of nitrogens with one attached hydrogen (secondary N) is 2. The molecule has 146 valence electrons. The maximum absolute atomic E-state index is 12.9. The minimum atomic E-state index is -0.154. The van der Waals surface area contributed by atoms with Gasteiger partial charge in [0.1, 0.15) is 0 Å². The van der Waals surface area contributed by atoms with Gasteiger partial charge >= 0.3 is 12.1 Å². The lowest BCUT2D eigenvalue weighted by molar-refractivity contribution is -0.914. The van der Waals surface area contributed by atoms with Gasteiger partial charge in [0.05, 0.1) is 26.2 Å². The van der Waals surface area contributed by atoms with Crippen molar-refractivity contribution in [3.8, 4) is 0 Å². The molecule has 26 heavy (non-hydrogen) atoms. The van der Waals surface area contributed by atoms with Crippen LogP contribution in [0, 0.1) is 0 Å². The number of rotatable bonds is 4. The number of carbonyl (C=O) groups is 2. The normalized spacial score (nSPS) is 31.3. The number of nitrogens with zero attached hydrogens (tertiary/aromatic N) is 4. The van der Waals surface area contributed by atoms with Gasteiger partial charge in [0, 0.05) is 14.1 Å². The van der Waals surface area contributed by atoms with Gasteiger partial charge in [-0.25, -0.2) is 9.59 Å². The van der Waals surface area contributed by atoms with Crippen LogP contribution in [-0.2, 0) is 0 Å². The number of fused-ring (bicyclic) bond motifs is 1. The molecule has 0 aliphatic carbocycles. The van der Waals surface area contributed by atoms with E-state index in [1.807, 2.05) is 23.9 Å². The van der Waals surface area contributed by atoms with Crippen molar-refractivity contribution in [3.63, 3.8) is 0 Å². The molecule has 2 N–H and O–H groups in total. The number of quaternary nitrogens is 2. The Morgan fingerprint density at radius 2 is 1.04 bits per heavy atom. The van der Waals surface area contributed by atoms with Crippen LogP contribution in [0.1, 0.15) is 38.5 Å². The topological polar surface area (TPSA) is 56.0 Å². The van der Waals surface area contributed by atoms with Gasteiger partial charge in [0.15, 0.2) is 25.7 Å². The first-order valence-corrected chi connectivity index (χ1v) is 10.3. The van der Waals surface area contributed by atoms with Crippen LogP contribution in [0.25, 0.3) is 0 Å². The van der Waals surface area contributed by atoms with Crippen LogP contribution in [0.4, 0.5) is 9.59 Å². The fourth-order valence-electron chi connectivity index (χ4n) is 5.22. The van der Waals surface area contributed by atoms with Crippen LogP contribution in [-0.4, -0.2) is 97.6 Å². The number of urea groups is 2. The van der Waals surface area contributed by atoms with Gasteiger partial charge in [-0.2, -0.15) is 0 Å². The summed E-state index contributed by atoms with van der Waals surface area (Å²) >= 11 is 0. The molecule has 4 aliphatic rings. The lowest BCUT2D eigenvalue weighted by Gasteiger charge is -2.32. The summed E-state index contributed by atoms with van der Waals surface area (Å²) in [5.74, 6) is 0. The first kappa shape index (κ1) is 17.9. The molecule has 8 nitrogen and oxygen atoms in total. The van der Waals surface area contributed by atoms with Crippen molar-refractivity contribution in [2.75, 3.05) is 53.6 Å². The molecule has 0 bridgehead atoms. The summed E-state index contributed by atoms with van der Waals surface area (Å²) in [6.45, 7) is 5.95. The number of carbonyl (C=O) groups excluding carboxylic acids is 2.